The average molecular weight is 551 g/mol. The largest absolute Gasteiger partial charge is 0.335 e. The van der Waals surface area contributed by atoms with Crippen molar-refractivity contribution in [1.29, 1.82) is 0 Å². The van der Waals surface area contributed by atoms with Gasteiger partial charge in [-0.05, 0) is 24.2 Å². The van der Waals surface area contributed by atoms with Crippen LogP contribution in [0, 0.1) is 22.9 Å². The molecule has 0 saturated carbocycles. The first-order chi connectivity index (χ1) is 16.3. The lowest BCUT2D eigenvalue weighted by Crippen LogP contribution is -2.55. The van der Waals surface area contributed by atoms with Gasteiger partial charge in [0.2, 0.25) is 8.07 Å². The van der Waals surface area contributed by atoms with Crippen molar-refractivity contribution in [3.05, 3.63) is 48.6 Å². The van der Waals surface area contributed by atoms with Crippen LogP contribution >= 0.6 is 0 Å². The highest BCUT2D eigenvalue weighted by atomic mass is 28.4. The van der Waals surface area contributed by atoms with E-state index in [1.54, 1.807) is 0 Å². The van der Waals surface area contributed by atoms with Gasteiger partial charge in [-0.2, -0.15) is 0 Å². The molecule has 0 aromatic carbocycles. The first kappa shape index (κ1) is 27.1. The number of hydrogen-bond acceptors (Lipinski definition) is 2. The molecule has 2 saturated heterocycles. The van der Waals surface area contributed by atoms with E-state index in [1.165, 1.54) is 24.2 Å². The molecular weight excluding hydrogens is 505 g/mol. The predicted molar refractivity (Wildman–Crippen MR) is 168 cm³/mol. The van der Waals surface area contributed by atoms with Gasteiger partial charge in [0.1, 0.15) is 32.9 Å². The van der Waals surface area contributed by atoms with Crippen LogP contribution in [0.5, 0.6) is 0 Å². The maximum atomic E-state index is 4.00. The first-order valence-corrected chi connectivity index (χ1v) is 28.3. The Morgan fingerprint density at radius 2 is 0.857 bits per heavy atom. The Morgan fingerprint density at radius 3 is 1.14 bits per heavy atom. The van der Waals surface area contributed by atoms with E-state index in [0.29, 0.717) is 11.1 Å². The molecule has 4 rings (SSSR count). The number of rotatable bonds is 4. The summed E-state index contributed by atoms with van der Waals surface area (Å²) in [6.07, 6.45) is 18.4. The zero-order chi connectivity index (χ0) is 25.5. The maximum Gasteiger partial charge on any atom is 0.237 e. The molecule has 0 atom stereocenters. The highest BCUT2D eigenvalue weighted by molar-refractivity contribution is 6.98. The summed E-state index contributed by atoms with van der Waals surface area (Å²) in [5.74, 6) is 7.63. The van der Waals surface area contributed by atoms with Gasteiger partial charge >= 0.3 is 0 Å². The van der Waals surface area contributed by atoms with E-state index < -0.39 is 41.0 Å². The molecule has 0 spiro atoms. The van der Waals surface area contributed by atoms with Crippen LogP contribution in [0.1, 0.15) is 0 Å². The quantitative estimate of drug-likeness (QED) is 0.276. The Morgan fingerprint density at radius 1 is 0.571 bits per heavy atom. The first-order valence-electron chi connectivity index (χ1n) is 13.6. The smallest absolute Gasteiger partial charge is 0.237 e. The SMILES string of the molecule is C[Si]1(C)CC[Si](C)(C)N1CC#C[Si](C#CCN1[Si](C)(C)CC[Si]1(C)C)(C1C=CC=C1)C1C=CC=C1. The molecule has 0 aromatic rings. The third kappa shape index (κ3) is 5.38. The molecular formula is C28H46N2Si5. The molecule has 2 nitrogen and oxygen atoms in total. The Labute approximate surface area is 221 Å². The van der Waals surface area contributed by atoms with Crippen molar-refractivity contribution in [1.82, 2.24) is 8.46 Å². The highest BCUT2D eigenvalue weighted by Gasteiger charge is 2.48. The third-order valence-corrected chi connectivity index (χ3v) is 33.9. The van der Waals surface area contributed by atoms with E-state index in [4.69, 9.17) is 0 Å². The molecule has 0 aromatic heterocycles. The molecule has 7 heteroatoms. The molecule has 0 amide bonds. The molecule has 2 aliphatic carbocycles. The minimum atomic E-state index is -2.32. The molecule has 188 valence electrons. The summed E-state index contributed by atoms with van der Waals surface area (Å²) in [6.45, 7) is 22.4. The van der Waals surface area contributed by atoms with Crippen LogP contribution in [-0.2, 0) is 0 Å². The molecule has 35 heavy (non-hydrogen) atoms. The van der Waals surface area contributed by atoms with Crippen LogP contribution in [0.15, 0.2) is 48.6 Å². The molecule has 2 heterocycles. The second-order valence-electron chi connectivity index (χ2n) is 13.5. The van der Waals surface area contributed by atoms with Crippen molar-refractivity contribution in [2.45, 2.75) is 87.6 Å². The van der Waals surface area contributed by atoms with Gasteiger partial charge in [0.25, 0.3) is 0 Å². The lowest BCUT2D eigenvalue weighted by atomic mass is 10.4. The van der Waals surface area contributed by atoms with Gasteiger partial charge in [-0.1, -0.05) is 113 Å². The summed E-state index contributed by atoms with van der Waals surface area (Å²) in [4.78, 5) is 0. The molecule has 0 unspecified atom stereocenters. The molecule has 0 N–H and O–H groups in total. The van der Waals surface area contributed by atoms with E-state index in [2.05, 4.69) is 132 Å². The second kappa shape index (κ2) is 9.76. The van der Waals surface area contributed by atoms with Crippen LogP contribution in [-0.4, -0.2) is 62.6 Å². The Kier molecular flexibility index (Phi) is 7.56. The summed E-state index contributed by atoms with van der Waals surface area (Å²) in [5, 5.41) is 0. The normalized spacial score (nSPS) is 26.7. The zero-order valence-corrected chi connectivity index (χ0v) is 28.4. The summed E-state index contributed by atoms with van der Waals surface area (Å²) in [7, 11) is -7.60. The number of allylic oxidation sites excluding steroid dienone is 8. The monoisotopic (exact) mass is 550 g/mol. The van der Waals surface area contributed by atoms with E-state index in [9.17, 15) is 0 Å². The minimum Gasteiger partial charge on any atom is -0.335 e. The summed E-state index contributed by atoms with van der Waals surface area (Å²) in [6, 6.07) is 5.75. The van der Waals surface area contributed by atoms with Crippen molar-refractivity contribution in [3.63, 3.8) is 0 Å². The Bertz CT molecular complexity index is 932. The Hall–Kier alpha value is -0.916. The molecule has 0 radical (unpaired) electrons. The zero-order valence-electron chi connectivity index (χ0n) is 23.4. The fourth-order valence-electron chi connectivity index (χ4n) is 6.85. The summed E-state index contributed by atoms with van der Waals surface area (Å²) >= 11 is 0. The highest BCUT2D eigenvalue weighted by Crippen LogP contribution is 2.41. The summed E-state index contributed by atoms with van der Waals surface area (Å²) in [5.41, 5.74) is 8.76. The molecule has 2 aliphatic heterocycles. The van der Waals surface area contributed by atoms with E-state index in [0.717, 1.165) is 13.1 Å². The predicted octanol–water partition coefficient (Wildman–Crippen LogP) is 6.96. The number of nitrogens with zero attached hydrogens (tertiary/aromatic N) is 2. The van der Waals surface area contributed by atoms with Crippen molar-refractivity contribution in [3.8, 4) is 22.9 Å². The van der Waals surface area contributed by atoms with Crippen LogP contribution in [0.4, 0.5) is 0 Å². The fourth-order valence-corrected chi connectivity index (χ4v) is 37.8. The van der Waals surface area contributed by atoms with E-state index >= 15 is 0 Å². The van der Waals surface area contributed by atoms with Crippen molar-refractivity contribution in [2.24, 2.45) is 0 Å². The van der Waals surface area contributed by atoms with E-state index in [1.807, 2.05) is 0 Å². The van der Waals surface area contributed by atoms with Gasteiger partial charge in [-0.25, -0.2) is 0 Å². The lowest BCUT2D eigenvalue weighted by Gasteiger charge is -2.37. The molecule has 4 aliphatic rings. The second-order valence-corrected chi connectivity index (χ2v) is 36.6. The number of hydrogen-bond donors (Lipinski definition) is 0. The van der Waals surface area contributed by atoms with Crippen molar-refractivity contribution < 1.29 is 0 Å². The maximum absolute atomic E-state index is 4.00. The minimum absolute atomic E-state index is 0.378. The standard InChI is InChI=1S/C28H46N2Si5/c1-31(2)23-24-32(3,4)29(31)19-13-21-35(27-15-9-10-16-27,28-17-11-12-18-28)22-14-20-30-33(5,6)25-26-34(30,7)8/h9-12,15-18,27-28H,19-20,23-26H2,1-8H3. The van der Waals surface area contributed by atoms with Gasteiger partial charge in [0.05, 0.1) is 0 Å². The van der Waals surface area contributed by atoms with Crippen molar-refractivity contribution in [2.75, 3.05) is 13.1 Å². The van der Waals surface area contributed by atoms with Crippen molar-refractivity contribution >= 4 is 41.0 Å². The van der Waals surface area contributed by atoms with Crippen LogP contribution < -0.4 is 0 Å². The third-order valence-electron chi connectivity index (χ3n) is 9.23. The Balaban J connectivity index is 1.69. The van der Waals surface area contributed by atoms with Crippen LogP contribution in [0.3, 0.4) is 0 Å². The van der Waals surface area contributed by atoms with E-state index in [-0.39, 0.29) is 0 Å². The topological polar surface area (TPSA) is 6.48 Å². The lowest BCUT2D eigenvalue weighted by molar-refractivity contribution is 0.715. The van der Waals surface area contributed by atoms with Crippen LogP contribution in [0.25, 0.3) is 0 Å². The fraction of sp³-hybridized carbons (Fsp3) is 0.571. The molecule has 0 bridgehead atoms. The van der Waals surface area contributed by atoms with Crippen LogP contribution in [0.2, 0.25) is 87.6 Å². The molecule has 2 fully saturated rings. The van der Waals surface area contributed by atoms with Gasteiger partial charge in [0, 0.05) is 24.2 Å². The van der Waals surface area contributed by atoms with Gasteiger partial charge in [0.15, 0.2) is 0 Å². The van der Waals surface area contributed by atoms with Gasteiger partial charge in [-0.3, -0.25) is 0 Å². The average Bonchev–Trinajstić information content (AvgIpc) is 3.55. The van der Waals surface area contributed by atoms with Gasteiger partial charge < -0.3 is 8.46 Å². The van der Waals surface area contributed by atoms with Gasteiger partial charge in [-0.15, -0.1) is 11.1 Å². The summed E-state index contributed by atoms with van der Waals surface area (Å²) < 4.78 is 5.82.